The van der Waals surface area contributed by atoms with Crippen molar-refractivity contribution >= 4 is 90.4 Å². The summed E-state index contributed by atoms with van der Waals surface area (Å²) in [7, 11) is 0. The van der Waals surface area contributed by atoms with Gasteiger partial charge < -0.3 is 0 Å². The Morgan fingerprint density at radius 2 is 0.387 bits per heavy atom. The van der Waals surface area contributed by atoms with E-state index in [1.54, 1.807) is 97.1 Å². The fourth-order valence-corrected chi connectivity index (χ4v) is 6.76. The standard InChI is InChI=1S/C52H16F6I4/c53-47-41(21-17-33-1-9-37(10-2-33)25-29-59)49(55)45(50(56)42(47)22-18-34-3-11-38(12-4-34)26-30-60)46-51(57)43(23-19-35-5-13-39(14-6-35)27-31-61)48(54)44(52(46)58)24-20-36-7-15-40(16-8-36)28-32-62/h1-16H. The van der Waals surface area contributed by atoms with Gasteiger partial charge in [0.25, 0.3) is 0 Å². The molecule has 6 rings (SSSR count). The van der Waals surface area contributed by atoms with Crippen LogP contribution in [0.1, 0.15) is 66.8 Å². The van der Waals surface area contributed by atoms with Gasteiger partial charge in [-0.25, -0.2) is 26.3 Å². The maximum Gasteiger partial charge on any atom is 0.160 e. The van der Waals surface area contributed by atoms with Crippen molar-refractivity contribution in [3.8, 4) is 97.9 Å². The van der Waals surface area contributed by atoms with E-state index in [2.05, 4.69) is 86.8 Å². The molecule has 0 saturated heterocycles. The summed E-state index contributed by atoms with van der Waals surface area (Å²) in [6.07, 6.45) is 0. The third kappa shape index (κ3) is 11.0. The van der Waals surface area contributed by atoms with Crippen LogP contribution in [0.4, 0.5) is 26.3 Å². The van der Waals surface area contributed by atoms with E-state index in [1.165, 1.54) is 0 Å². The lowest BCUT2D eigenvalue weighted by Gasteiger charge is -2.15. The smallest absolute Gasteiger partial charge is 0.160 e. The molecule has 294 valence electrons. The van der Waals surface area contributed by atoms with E-state index in [9.17, 15) is 0 Å². The van der Waals surface area contributed by atoms with Crippen LogP contribution in [0.2, 0.25) is 0 Å². The van der Waals surface area contributed by atoms with Crippen molar-refractivity contribution in [2.45, 2.75) is 0 Å². The lowest BCUT2D eigenvalue weighted by Crippen LogP contribution is -2.10. The van der Waals surface area contributed by atoms with Crippen molar-refractivity contribution in [2.24, 2.45) is 0 Å². The molecule has 0 N–H and O–H groups in total. The molecule has 6 aromatic carbocycles. The van der Waals surface area contributed by atoms with Gasteiger partial charge in [-0.15, -0.1) is 0 Å². The molecule has 0 heterocycles. The molecule has 0 aliphatic carbocycles. The fraction of sp³-hybridized carbons (Fsp3) is 0. The van der Waals surface area contributed by atoms with Crippen LogP contribution in [0.3, 0.4) is 0 Å². The van der Waals surface area contributed by atoms with E-state index in [0.717, 1.165) is 0 Å². The van der Waals surface area contributed by atoms with Crippen molar-refractivity contribution in [1.82, 2.24) is 0 Å². The molecule has 0 aromatic heterocycles. The number of hydrogen-bond acceptors (Lipinski definition) is 0. The predicted molar refractivity (Wildman–Crippen MR) is 265 cm³/mol. The molecule has 62 heavy (non-hydrogen) atoms. The maximum absolute atomic E-state index is 16.8. The van der Waals surface area contributed by atoms with Gasteiger partial charge in [-0.3, -0.25) is 0 Å². The summed E-state index contributed by atoms with van der Waals surface area (Å²) in [5, 5.41) is 0. The van der Waals surface area contributed by atoms with Crippen LogP contribution < -0.4 is 0 Å². The van der Waals surface area contributed by atoms with Crippen LogP contribution in [0.5, 0.6) is 0 Å². The highest BCUT2D eigenvalue weighted by atomic mass is 127. The van der Waals surface area contributed by atoms with Gasteiger partial charge in [0, 0.05) is 135 Å². The van der Waals surface area contributed by atoms with Gasteiger partial charge in [0.05, 0.1) is 33.4 Å². The van der Waals surface area contributed by atoms with Crippen molar-refractivity contribution in [3.63, 3.8) is 0 Å². The molecule has 0 aliphatic heterocycles. The molecular weight excluding hydrogens is 1250 g/mol. The lowest BCUT2D eigenvalue weighted by atomic mass is 9.92. The summed E-state index contributed by atoms with van der Waals surface area (Å²) >= 11 is 7.49. The molecule has 0 amide bonds. The van der Waals surface area contributed by atoms with E-state index in [1.807, 2.05) is 90.4 Å². The van der Waals surface area contributed by atoms with Crippen LogP contribution >= 0.6 is 90.4 Å². The van der Waals surface area contributed by atoms with Crippen LogP contribution in [0, 0.1) is 122 Å². The van der Waals surface area contributed by atoms with E-state index in [4.69, 9.17) is 0 Å². The Morgan fingerprint density at radius 3 is 0.548 bits per heavy atom. The molecule has 0 spiro atoms. The average molecular weight is 1260 g/mol. The Kier molecular flexibility index (Phi) is 16.2. The molecule has 0 nitrogen and oxygen atoms in total. The molecule has 0 saturated carbocycles. The summed E-state index contributed by atoms with van der Waals surface area (Å²) in [6.45, 7) is 0. The highest BCUT2D eigenvalue weighted by molar-refractivity contribution is 14.1. The molecule has 6 aromatic rings. The maximum atomic E-state index is 16.8. The fourth-order valence-electron chi connectivity index (χ4n) is 5.51. The highest BCUT2D eigenvalue weighted by Gasteiger charge is 2.32. The van der Waals surface area contributed by atoms with Crippen molar-refractivity contribution in [2.75, 3.05) is 0 Å². The van der Waals surface area contributed by atoms with Crippen molar-refractivity contribution in [3.05, 3.63) is 199 Å². The highest BCUT2D eigenvalue weighted by Crippen LogP contribution is 2.39. The minimum Gasteiger partial charge on any atom is -0.205 e. The third-order valence-electron chi connectivity index (χ3n) is 8.52. The van der Waals surface area contributed by atoms with Crippen LogP contribution in [0.25, 0.3) is 11.1 Å². The summed E-state index contributed by atoms with van der Waals surface area (Å²) in [5.41, 5.74) is -3.30. The average Bonchev–Trinajstić information content (AvgIpc) is 3.27. The van der Waals surface area contributed by atoms with Crippen molar-refractivity contribution in [1.29, 1.82) is 0 Å². The largest absolute Gasteiger partial charge is 0.205 e. The van der Waals surface area contributed by atoms with Gasteiger partial charge in [-0.1, -0.05) is 71.0 Å². The lowest BCUT2D eigenvalue weighted by molar-refractivity contribution is 0.520. The first-order valence-electron chi connectivity index (χ1n) is 17.4. The van der Waals surface area contributed by atoms with E-state index in [-0.39, 0.29) is 22.3 Å². The van der Waals surface area contributed by atoms with Crippen molar-refractivity contribution < 1.29 is 26.3 Å². The zero-order valence-corrected chi connectivity index (χ0v) is 39.6. The Balaban J connectivity index is 1.64. The van der Waals surface area contributed by atoms with Gasteiger partial charge in [-0.2, -0.15) is 0 Å². The molecule has 0 fully saturated rings. The summed E-state index contributed by atoms with van der Waals surface area (Å²) in [4.78, 5) is 0. The normalized spacial score (nSPS) is 9.39. The van der Waals surface area contributed by atoms with Crippen LogP contribution in [-0.4, -0.2) is 0 Å². The second-order valence-electron chi connectivity index (χ2n) is 12.3. The summed E-state index contributed by atoms with van der Waals surface area (Å²) < 4.78 is 111. The topological polar surface area (TPSA) is 0 Å². The first kappa shape index (κ1) is 45.8. The molecular formula is C52H16F6I4. The first-order valence-corrected chi connectivity index (χ1v) is 21.7. The third-order valence-corrected chi connectivity index (χ3v) is 9.60. The monoisotopic (exact) mass is 1260 g/mol. The zero-order valence-electron chi connectivity index (χ0n) is 31.0. The molecule has 0 unspecified atom stereocenters. The van der Waals surface area contributed by atoms with E-state index < -0.39 is 68.3 Å². The first-order chi connectivity index (χ1) is 30.1. The Bertz CT molecular complexity index is 2860. The van der Waals surface area contributed by atoms with Crippen LogP contribution in [0.15, 0.2) is 97.1 Å². The zero-order chi connectivity index (χ0) is 44.2. The van der Waals surface area contributed by atoms with Crippen LogP contribution in [-0.2, 0) is 0 Å². The second kappa shape index (κ2) is 21.9. The summed E-state index contributed by atoms with van der Waals surface area (Å²) in [6, 6.07) is 25.3. The molecule has 0 atom stereocenters. The molecule has 10 heteroatoms. The van der Waals surface area contributed by atoms with Gasteiger partial charge in [0.15, 0.2) is 34.9 Å². The minimum absolute atomic E-state index is 0.286. The molecule has 0 radical (unpaired) electrons. The molecule has 0 aliphatic rings. The van der Waals surface area contributed by atoms with Gasteiger partial charge in [-0.05, 0) is 113 Å². The van der Waals surface area contributed by atoms with E-state index in [0.29, 0.717) is 22.3 Å². The molecule has 0 bridgehead atoms. The summed E-state index contributed by atoms with van der Waals surface area (Å²) in [5.74, 6) is 21.2. The Labute approximate surface area is 409 Å². The predicted octanol–water partition coefficient (Wildman–Crippen LogP) is 12.8. The number of rotatable bonds is 1. The Hall–Kier alpha value is -5.70. The minimum atomic E-state index is -1.77. The number of hydrogen-bond donors (Lipinski definition) is 0. The van der Waals surface area contributed by atoms with Gasteiger partial charge >= 0.3 is 0 Å². The second-order valence-corrected chi connectivity index (χ2v) is 14.5. The van der Waals surface area contributed by atoms with E-state index >= 15 is 26.3 Å². The van der Waals surface area contributed by atoms with Gasteiger partial charge in [0.1, 0.15) is 0 Å². The van der Waals surface area contributed by atoms with Gasteiger partial charge in [0.2, 0.25) is 0 Å². The number of benzene rings is 6. The Morgan fingerprint density at radius 1 is 0.226 bits per heavy atom. The number of halogens is 10. The quantitative estimate of drug-likeness (QED) is 0.0874. The SMILES string of the molecule is Fc1c(C#Cc2ccc(C#CI)cc2)c(F)c(-c2c(F)c(C#Cc3ccc(C#CI)cc3)c(F)c(C#Cc3ccc(C#CI)cc3)c2F)c(F)c1C#Cc1ccc(C#CI)cc1.